The van der Waals surface area contributed by atoms with Gasteiger partial charge in [0.25, 0.3) is 0 Å². The molecule has 0 unspecified atom stereocenters. The Hall–Kier alpha value is -1.10. The lowest BCUT2D eigenvalue weighted by molar-refractivity contribution is -0.123. The predicted molar refractivity (Wildman–Crippen MR) is 66.3 cm³/mol. The van der Waals surface area contributed by atoms with E-state index in [1.807, 2.05) is 6.92 Å². The molecule has 0 heterocycles. The molecule has 0 bridgehead atoms. The van der Waals surface area contributed by atoms with Crippen molar-refractivity contribution in [3.8, 4) is 0 Å². The van der Waals surface area contributed by atoms with Crippen LogP contribution in [0.3, 0.4) is 0 Å². The van der Waals surface area contributed by atoms with E-state index in [1.54, 1.807) is 0 Å². The lowest BCUT2D eigenvalue weighted by atomic mass is 9.75. The van der Waals surface area contributed by atoms with Gasteiger partial charge >= 0.3 is 0 Å². The Morgan fingerprint density at radius 1 is 1.18 bits per heavy atom. The predicted octanol–water partition coefficient (Wildman–Crippen LogP) is 0.290. The quantitative estimate of drug-likeness (QED) is 0.599. The van der Waals surface area contributed by atoms with Gasteiger partial charge in [-0.2, -0.15) is 0 Å². The average molecular weight is 241 g/mol. The third-order valence-corrected chi connectivity index (χ3v) is 3.11. The SMILES string of the molecule is CCCNC(=O)CCNC(=O)CC1(N)CCC1. The summed E-state index contributed by atoms with van der Waals surface area (Å²) in [6.45, 7) is 3.09. The topological polar surface area (TPSA) is 84.2 Å². The monoisotopic (exact) mass is 241 g/mol. The number of amides is 2. The van der Waals surface area contributed by atoms with Crippen LogP contribution in [0, 0.1) is 0 Å². The summed E-state index contributed by atoms with van der Waals surface area (Å²) in [7, 11) is 0. The van der Waals surface area contributed by atoms with E-state index in [-0.39, 0.29) is 17.4 Å². The van der Waals surface area contributed by atoms with Gasteiger partial charge in [-0.15, -0.1) is 0 Å². The third kappa shape index (κ3) is 5.17. The lowest BCUT2D eigenvalue weighted by Gasteiger charge is -2.37. The summed E-state index contributed by atoms with van der Waals surface area (Å²) >= 11 is 0. The molecule has 1 fully saturated rings. The van der Waals surface area contributed by atoms with Gasteiger partial charge in [-0.25, -0.2) is 0 Å². The lowest BCUT2D eigenvalue weighted by Crippen LogP contribution is -2.50. The van der Waals surface area contributed by atoms with Crippen molar-refractivity contribution in [2.45, 2.75) is 51.0 Å². The van der Waals surface area contributed by atoms with E-state index in [4.69, 9.17) is 5.73 Å². The highest BCUT2D eigenvalue weighted by atomic mass is 16.2. The molecule has 2 amide bonds. The fourth-order valence-electron chi connectivity index (χ4n) is 1.86. The molecule has 4 N–H and O–H groups in total. The second-order valence-electron chi connectivity index (χ2n) is 4.84. The minimum absolute atomic E-state index is 0.0155. The van der Waals surface area contributed by atoms with Gasteiger partial charge in [0.1, 0.15) is 0 Å². The molecule has 0 spiro atoms. The van der Waals surface area contributed by atoms with Crippen molar-refractivity contribution in [1.82, 2.24) is 10.6 Å². The van der Waals surface area contributed by atoms with Crippen LogP contribution in [-0.4, -0.2) is 30.4 Å². The summed E-state index contributed by atoms with van der Waals surface area (Å²) in [6, 6.07) is 0. The average Bonchev–Trinajstić information content (AvgIpc) is 2.24. The first kappa shape index (κ1) is 14.0. The Kier molecular flexibility index (Phi) is 5.41. The Morgan fingerprint density at radius 3 is 2.35 bits per heavy atom. The van der Waals surface area contributed by atoms with Crippen molar-refractivity contribution >= 4 is 11.8 Å². The summed E-state index contributed by atoms with van der Waals surface area (Å²) in [5.41, 5.74) is 5.68. The second-order valence-corrected chi connectivity index (χ2v) is 4.84. The fourth-order valence-corrected chi connectivity index (χ4v) is 1.86. The maximum Gasteiger partial charge on any atom is 0.221 e. The molecule has 0 aromatic heterocycles. The first-order chi connectivity index (χ1) is 8.06. The van der Waals surface area contributed by atoms with Gasteiger partial charge in [-0.3, -0.25) is 9.59 Å². The Balaban J connectivity index is 2.05. The number of hydrogen-bond acceptors (Lipinski definition) is 3. The van der Waals surface area contributed by atoms with Crippen molar-refractivity contribution in [2.24, 2.45) is 5.73 Å². The van der Waals surface area contributed by atoms with Crippen molar-refractivity contribution in [3.05, 3.63) is 0 Å². The molecular weight excluding hydrogens is 218 g/mol. The van der Waals surface area contributed by atoms with Crippen LogP contribution in [0.25, 0.3) is 0 Å². The van der Waals surface area contributed by atoms with E-state index >= 15 is 0 Å². The normalized spacial score (nSPS) is 17.1. The molecule has 0 aromatic rings. The van der Waals surface area contributed by atoms with Gasteiger partial charge < -0.3 is 16.4 Å². The van der Waals surface area contributed by atoms with Gasteiger partial charge in [0.05, 0.1) is 0 Å². The molecule has 0 radical (unpaired) electrons. The van der Waals surface area contributed by atoms with Crippen LogP contribution >= 0.6 is 0 Å². The highest BCUT2D eigenvalue weighted by Gasteiger charge is 2.34. The largest absolute Gasteiger partial charge is 0.356 e. The summed E-state index contributed by atoms with van der Waals surface area (Å²) in [5, 5.41) is 5.50. The third-order valence-electron chi connectivity index (χ3n) is 3.11. The molecule has 1 aliphatic carbocycles. The molecule has 0 saturated heterocycles. The standard InChI is InChI=1S/C12H23N3O2/c1-2-7-14-10(16)4-8-15-11(17)9-12(13)5-3-6-12/h2-9,13H2,1H3,(H,14,16)(H,15,17). The van der Waals surface area contributed by atoms with Crippen LogP contribution in [0.15, 0.2) is 0 Å². The Morgan fingerprint density at radius 2 is 1.82 bits per heavy atom. The summed E-state index contributed by atoms with van der Waals surface area (Å²) in [6.07, 6.45) is 4.61. The van der Waals surface area contributed by atoms with E-state index in [0.717, 1.165) is 25.7 Å². The maximum atomic E-state index is 11.5. The molecule has 0 aromatic carbocycles. The second kappa shape index (κ2) is 6.59. The van der Waals surface area contributed by atoms with Gasteiger partial charge in [-0.1, -0.05) is 6.92 Å². The molecule has 5 nitrogen and oxygen atoms in total. The molecule has 1 saturated carbocycles. The van der Waals surface area contributed by atoms with E-state index in [2.05, 4.69) is 10.6 Å². The van der Waals surface area contributed by atoms with Crippen molar-refractivity contribution in [3.63, 3.8) is 0 Å². The zero-order valence-corrected chi connectivity index (χ0v) is 10.6. The summed E-state index contributed by atoms with van der Waals surface area (Å²) in [4.78, 5) is 22.8. The number of carbonyl (C=O) groups excluding carboxylic acids is 2. The number of rotatable bonds is 7. The first-order valence-electron chi connectivity index (χ1n) is 6.38. The van der Waals surface area contributed by atoms with Crippen LogP contribution in [0.4, 0.5) is 0 Å². The number of nitrogens with two attached hydrogens (primary N) is 1. The minimum Gasteiger partial charge on any atom is -0.356 e. The van der Waals surface area contributed by atoms with E-state index in [1.165, 1.54) is 0 Å². The van der Waals surface area contributed by atoms with Crippen LogP contribution in [-0.2, 0) is 9.59 Å². The van der Waals surface area contributed by atoms with E-state index < -0.39 is 0 Å². The zero-order chi connectivity index (χ0) is 12.7. The molecule has 1 aliphatic rings. The zero-order valence-electron chi connectivity index (χ0n) is 10.6. The molecule has 1 rings (SSSR count). The first-order valence-corrected chi connectivity index (χ1v) is 6.38. The van der Waals surface area contributed by atoms with E-state index in [0.29, 0.717) is 25.9 Å². The molecule has 98 valence electrons. The maximum absolute atomic E-state index is 11.5. The van der Waals surface area contributed by atoms with Crippen LogP contribution in [0.1, 0.15) is 45.4 Å². The van der Waals surface area contributed by atoms with Gasteiger partial charge in [0.2, 0.25) is 11.8 Å². The molecule has 17 heavy (non-hydrogen) atoms. The minimum atomic E-state index is -0.283. The van der Waals surface area contributed by atoms with Crippen LogP contribution in [0.5, 0.6) is 0 Å². The molecule has 5 heteroatoms. The van der Waals surface area contributed by atoms with Crippen molar-refractivity contribution in [1.29, 1.82) is 0 Å². The van der Waals surface area contributed by atoms with Gasteiger partial charge in [0.15, 0.2) is 0 Å². The molecular formula is C12H23N3O2. The number of hydrogen-bond donors (Lipinski definition) is 3. The van der Waals surface area contributed by atoms with Gasteiger partial charge in [-0.05, 0) is 25.7 Å². The smallest absolute Gasteiger partial charge is 0.221 e. The van der Waals surface area contributed by atoms with Crippen LogP contribution in [0.2, 0.25) is 0 Å². The number of carbonyl (C=O) groups is 2. The summed E-state index contributed by atoms with van der Waals surface area (Å²) in [5.74, 6) is -0.0613. The number of nitrogens with one attached hydrogen (secondary N) is 2. The van der Waals surface area contributed by atoms with Crippen LogP contribution < -0.4 is 16.4 Å². The van der Waals surface area contributed by atoms with Gasteiger partial charge in [0, 0.05) is 31.5 Å². The van der Waals surface area contributed by atoms with Crippen molar-refractivity contribution < 1.29 is 9.59 Å². The fraction of sp³-hybridized carbons (Fsp3) is 0.833. The summed E-state index contributed by atoms with van der Waals surface area (Å²) < 4.78 is 0. The highest BCUT2D eigenvalue weighted by Crippen LogP contribution is 2.31. The Labute approximate surface area is 103 Å². The van der Waals surface area contributed by atoms with Crippen molar-refractivity contribution in [2.75, 3.05) is 13.1 Å². The Bertz CT molecular complexity index is 275. The highest BCUT2D eigenvalue weighted by molar-refractivity contribution is 5.79. The van der Waals surface area contributed by atoms with E-state index in [9.17, 15) is 9.59 Å². The molecule has 0 aliphatic heterocycles. The molecule has 0 atom stereocenters.